The monoisotopic (exact) mass is 452 g/mol. The lowest BCUT2D eigenvalue weighted by Gasteiger charge is -2.40. The Hall–Kier alpha value is -3.33. The van der Waals surface area contributed by atoms with E-state index in [-0.39, 0.29) is 5.56 Å². The van der Waals surface area contributed by atoms with Crippen molar-refractivity contribution < 1.29 is 9.18 Å². The zero-order valence-electron chi connectivity index (χ0n) is 19.0. The first kappa shape index (κ1) is 22.8. The maximum absolute atomic E-state index is 13.1. The molecule has 2 N–H and O–H groups in total. The normalized spacial score (nSPS) is 18.3. The van der Waals surface area contributed by atoms with Gasteiger partial charge in [-0.15, -0.1) is 0 Å². The molecule has 2 aliphatic heterocycles. The van der Waals surface area contributed by atoms with Crippen LogP contribution in [0, 0.1) is 12.7 Å². The quantitative estimate of drug-likeness (QED) is 0.631. The van der Waals surface area contributed by atoms with Crippen molar-refractivity contribution in [1.82, 2.24) is 19.9 Å². The number of carbonyl (C=O) groups excluding carboxylic acids is 1. The van der Waals surface area contributed by atoms with Crippen LogP contribution in [0.2, 0.25) is 0 Å². The number of pyridine rings is 1. The second kappa shape index (κ2) is 9.66. The summed E-state index contributed by atoms with van der Waals surface area (Å²) in [6.45, 7) is 10.5. The number of hydrogen-bond donors (Lipinski definition) is 2. The Labute approximate surface area is 191 Å². The fourth-order valence-electron chi connectivity index (χ4n) is 4.87. The van der Waals surface area contributed by atoms with Gasteiger partial charge < -0.3 is 20.0 Å². The summed E-state index contributed by atoms with van der Waals surface area (Å²) in [6, 6.07) is 4.64. The summed E-state index contributed by atoms with van der Waals surface area (Å²) in [6.07, 6.45) is 4.25. The molecule has 5 rings (SSSR count). The fourth-order valence-corrected chi connectivity index (χ4v) is 4.87. The second-order valence-electron chi connectivity index (χ2n) is 8.64. The van der Waals surface area contributed by atoms with Gasteiger partial charge in [-0.2, -0.15) is 0 Å². The van der Waals surface area contributed by atoms with Crippen molar-refractivity contribution in [1.29, 1.82) is 0 Å². The van der Waals surface area contributed by atoms with Crippen molar-refractivity contribution in [3.63, 3.8) is 0 Å². The van der Waals surface area contributed by atoms with Crippen LogP contribution >= 0.6 is 0 Å². The summed E-state index contributed by atoms with van der Waals surface area (Å²) in [4.78, 5) is 36.5. The van der Waals surface area contributed by atoms with E-state index >= 15 is 0 Å². The molecule has 0 spiro atoms. The van der Waals surface area contributed by atoms with Crippen LogP contribution in [-0.2, 0) is 17.8 Å². The number of nitrogens with zero attached hydrogens (tertiary/aromatic N) is 4. The van der Waals surface area contributed by atoms with Crippen LogP contribution in [0.15, 0.2) is 29.3 Å². The molecule has 0 amide bonds. The number of fused-ring (bicyclic) bond motifs is 3. The molecule has 8 nitrogen and oxygen atoms in total. The number of anilines is 2. The molecule has 4 heterocycles. The Morgan fingerprint density at radius 2 is 1.97 bits per heavy atom. The van der Waals surface area contributed by atoms with E-state index in [2.05, 4.69) is 56.0 Å². The smallest absolute Gasteiger partial charge is 0.253 e. The molecule has 1 saturated heterocycles. The molecule has 1 aromatic carbocycles. The SMILES string of the molecule is C=O.Cc1cc(CN2CCN(c3ncc(F)cn3)CC2C)cc2[nH]c(=O)c3c(c12)NCCC3. The van der Waals surface area contributed by atoms with E-state index in [0.717, 1.165) is 67.7 Å². The van der Waals surface area contributed by atoms with Gasteiger partial charge in [-0.3, -0.25) is 9.69 Å². The Morgan fingerprint density at radius 3 is 2.70 bits per heavy atom. The van der Waals surface area contributed by atoms with Crippen molar-refractivity contribution in [2.75, 3.05) is 36.4 Å². The lowest BCUT2D eigenvalue weighted by atomic mass is 9.97. The minimum atomic E-state index is -0.420. The van der Waals surface area contributed by atoms with E-state index < -0.39 is 5.82 Å². The molecule has 0 bridgehead atoms. The molecule has 33 heavy (non-hydrogen) atoms. The lowest BCUT2D eigenvalue weighted by Crippen LogP contribution is -2.51. The molecule has 2 aliphatic rings. The van der Waals surface area contributed by atoms with E-state index in [1.165, 1.54) is 23.5 Å². The van der Waals surface area contributed by atoms with Crippen LogP contribution in [0.25, 0.3) is 10.9 Å². The third-order valence-corrected chi connectivity index (χ3v) is 6.42. The van der Waals surface area contributed by atoms with Crippen molar-refractivity contribution in [2.45, 2.75) is 39.3 Å². The van der Waals surface area contributed by atoms with Gasteiger partial charge in [0.1, 0.15) is 6.79 Å². The van der Waals surface area contributed by atoms with Gasteiger partial charge >= 0.3 is 0 Å². The number of carbonyl (C=O) groups is 1. The number of nitrogens with one attached hydrogen (secondary N) is 2. The second-order valence-corrected chi connectivity index (χ2v) is 8.64. The van der Waals surface area contributed by atoms with E-state index in [0.29, 0.717) is 12.0 Å². The van der Waals surface area contributed by atoms with E-state index in [9.17, 15) is 9.18 Å². The van der Waals surface area contributed by atoms with Gasteiger partial charge in [0.05, 0.1) is 23.6 Å². The maximum atomic E-state index is 13.1. The van der Waals surface area contributed by atoms with Crippen LogP contribution in [0.1, 0.15) is 30.0 Å². The van der Waals surface area contributed by atoms with Crippen LogP contribution in [0.4, 0.5) is 16.0 Å². The van der Waals surface area contributed by atoms with Gasteiger partial charge in [-0.05, 0) is 43.9 Å². The number of aromatic nitrogens is 3. The third kappa shape index (κ3) is 4.59. The van der Waals surface area contributed by atoms with Gasteiger partial charge in [0, 0.05) is 49.7 Å². The minimum absolute atomic E-state index is 0.0209. The number of rotatable bonds is 3. The maximum Gasteiger partial charge on any atom is 0.253 e. The summed E-state index contributed by atoms with van der Waals surface area (Å²) in [5.41, 5.74) is 5.18. The first-order chi connectivity index (χ1) is 16.0. The molecule has 9 heteroatoms. The molecule has 0 radical (unpaired) electrons. The number of piperazine rings is 1. The van der Waals surface area contributed by atoms with E-state index in [4.69, 9.17) is 4.79 Å². The van der Waals surface area contributed by atoms with Crippen molar-refractivity contribution in [3.05, 3.63) is 57.4 Å². The topological polar surface area (TPSA) is 94.2 Å². The molecule has 1 fully saturated rings. The standard InChI is InChI=1S/C23H27FN6O.CH2O/c1-14-8-16(9-19-20(14)21-18(22(31)28-19)4-3-5-25-21)13-29-6-7-30(12-15(29)2)23-26-10-17(24)11-27-23;1-2/h8-11,15,25H,3-7,12-13H2,1-2H3,(H,28,31);1H2. The van der Waals surface area contributed by atoms with Crippen LogP contribution < -0.4 is 15.8 Å². The summed E-state index contributed by atoms with van der Waals surface area (Å²) in [7, 11) is 0. The highest BCUT2D eigenvalue weighted by molar-refractivity contribution is 5.96. The Balaban J connectivity index is 0.00000126. The molecular weight excluding hydrogens is 423 g/mol. The zero-order chi connectivity index (χ0) is 23.5. The van der Waals surface area contributed by atoms with Crippen molar-refractivity contribution in [3.8, 4) is 0 Å². The summed E-state index contributed by atoms with van der Waals surface area (Å²) in [5.74, 6) is 0.154. The van der Waals surface area contributed by atoms with Crippen LogP contribution in [-0.4, -0.2) is 58.9 Å². The Bertz CT molecular complexity index is 1200. The number of H-pyrrole nitrogens is 1. The van der Waals surface area contributed by atoms with Crippen molar-refractivity contribution in [2.24, 2.45) is 0 Å². The number of benzene rings is 1. The van der Waals surface area contributed by atoms with Gasteiger partial charge in [0.25, 0.3) is 5.56 Å². The number of hydrogen-bond acceptors (Lipinski definition) is 7. The molecule has 3 aromatic rings. The molecule has 1 atom stereocenters. The molecule has 2 aromatic heterocycles. The van der Waals surface area contributed by atoms with Crippen LogP contribution in [0.5, 0.6) is 0 Å². The molecule has 1 unspecified atom stereocenters. The van der Waals surface area contributed by atoms with Gasteiger partial charge in [0.2, 0.25) is 5.95 Å². The van der Waals surface area contributed by atoms with E-state index in [1.807, 2.05) is 6.79 Å². The highest BCUT2D eigenvalue weighted by Crippen LogP contribution is 2.31. The third-order valence-electron chi connectivity index (χ3n) is 6.42. The van der Waals surface area contributed by atoms with Crippen molar-refractivity contribution >= 4 is 29.3 Å². The highest BCUT2D eigenvalue weighted by atomic mass is 19.1. The predicted octanol–water partition coefficient (Wildman–Crippen LogP) is 2.65. The lowest BCUT2D eigenvalue weighted by molar-refractivity contribution is -0.0979. The van der Waals surface area contributed by atoms with Crippen LogP contribution in [0.3, 0.4) is 0 Å². The highest BCUT2D eigenvalue weighted by Gasteiger charge is 2.26. The van der Waals surface area contributed by atoms with Gasteiger partial charge in [-0.25, -0.2) is 14.4 Å². The first-order valence-electron chi connectivity index (χ1n) is 11.2. The molecule has 0 aliphatic carbocycles. The largest absolute Gasteiger partial charge is 0.384 e. The average molecular weight is 453 g/mol. The molecular formula is C24H29FN6O2. The number of aryl methyl sites for hydroxylation is 1. The average Bonchev–Trinajstić information content (AvgIpc) is 2.82. The fraction of sp³-hybridized carbons (Fsp3) is 0.417. The Morgan fingerprint density at radius 1 is 1.21 bits per heavy atom. The first-order valence-corrected chi connectivity index (χ1v) is 11.2. The van der Waals surface area contributed by atoms with E-state index in [1.54, 1.807) is 0 Å². The number of halogens is 1. The van der Waals surface area contributed by atoms with Gasteiger partial charge in [-0.1, -0.05) is 6.07 Å². The molecule has 174 valence electrons. The van der Waals surface area contributed by atoms with Gasteiger partial charge in [0.15, 0.2) is 5.82 Å². The predicted molar refractivity (Wildman–Crippen MR) is 127 cm³/mol. The summed E-state index contributed by atoms with van der Waals surface area (Å²) >= 11 is 0. The zero-order valence-corrected chi connectivity index (χ0v) is 19.0. The molecule has 0 saturated carbocycles. The Kier molecular flexibility index (Phi) is 6.69. The summed E-state index contributed by atoms with van der Waals surface area (Å²) < 4.78 is 13.1. The minimum Gasteiger partial charge on any atom is -0.384 e. The number of aromatic amines is 1. The summed E-state index contributed by atoms with van der Waals surface area (Å²) in [5, 5.41) is 4.58.